The van der Waals surface area contributed by atoms with Crippen LogP contribution in [0.3, 0.4) is 0 Å². The minimum Gasteiger partial charge on any atom is -0.478 e. The molecule has 24 heavy (non-hydrogen) atoms. The fourth-order valence-corrected chi connectivity index (χ4v) is 3.02. The van der Waals surface area contributed by atoms with E-state index in [0.717, 1.165) is 34.5 Å². The highest BCUT2D eigenvalue weighted by atomic mass is 16.4. The van der Waals surface area contributed by atoms with Crippen LogP contribution in [-0.2, 0) is 12.8 Å². The summed E-state index contributed by atoms with van der Waals surface area (Å²) >= 11 is 0. The van der Waals surface area contributed by atoms with Crippen molar-refractivity contribution in [3.8, 4) is 16.9 Å². The van der Waals surface area contributed by atoms with Crippen LogP contribution >= 0.6 is 0 Å². The number of nitrogens with zero attached hydrogens (tertiary/aromatic N) is 3. The van der Waals surface area contributed by atoms with Crippen molar-refractivity contribution in [1.82, 2.24) is 15.0 Å². The maximum atomic E-state index is 11.5. The van der Waals surface area contributed by atoms with Gasteiger partial charge < -0.3 is 5.11 Å². The Balaban J connectivity index is 2.10. The quantitative estimate of drug-likeness (QED) is 0.777. The van der Waals surface area contributed by atoms with Crippen LogP contribution in [0, 0.1) is 0 Å². The molecule has 1 N–H and O–H groups in total. The van der Waals surface area contributed by atoms with Crippen LogP contribution in [0.1, 0.15) is 35.3 Å². The van der Waals surface area contributed by atoms with Gasteiger partial charge in [0.05, 0.1) is 17.4 Å². The predicted molar refractivity (Wildman–Crippen MR) is 92.5 cm³/mol. The van der Waals surface area contributed by atoms with Crippen molar-refractivity contribution in [3.63, 3.8) is 0 Å². The molecular weight excluding hydrogens is 302 g/mol. The van der Waals surface area contributed by atoms with Gasteiger partial charge in [0.25, 0.3) is 0 Å². The summed E-state index contributed by atoms with van der Waals surface area (Å²) < 4.78 is 1.73. The van der Waals surface area contributed by atoms with Gasteiger partial charge in [0.1, 0.15) is 5.69 Å². The van der Waals surface area contributed by atoms with Gasteiger partial charge in [-0.05, 0) is 36.1 Å². The molecule has 1 aromatic heterocycles. The van der Waals surface area contributed by atoms with Gasteiger partial charge in [-0.1, -0.05) is 49.4 Å². The van der Waals surface area contributed by atoms with E-state index in [1.165, 1.54) is 0 Å². The predicted octanol–water partition coefficient (Wildman–Crippen LogP) is 3.76. The third-order valence-electron chi connectivity index (χ3n) is 4.15. The van der Waals surface area contributed by atoms with Crippen LogP contribution in [0.15, 0.2) is 48.7 Å². The second-order valence-corrected chi connectivity index (χ2v) is 5.52. The number of benzene rings is 2. The van der Waals surface area contributed by atoms with Crippen molar-refractivity contribution in [3.05, 3.63) is 65.4 Å². The van der Waals surface area contributed by atoms with Gasteiger partial charge in [0.15, 0.2) is 0 Å². The number of aromatic nitrogens is 3. The number of rotatable bonds is 5. The van der Waals surface area contributed by atoms with Gasteiger partial charge in [0.2, 0.25) is 0 Å². The number of aromatic carboxylic acids is 1. The number of carboxylic acid groups (broad SMARTS) is 1. The van der Waals surface area contributed by atoms with Gasteiger partial charge in [-0.25, -0.2) is 9.48 Å². The van der Waals surface area contributed by atoms with E-state index in [1.54, 1.807) is 10.7 Å². The summed E-state index contributed by atoms with van der Waals surface area (Å²) in [5, 5.41) is 17.9. The van der Waals surface area contributed by atoms with E-state index in [4.69, 9.17) is 0 Å². The molecule has 0 bridgehead atoms. The van der Waals surface area contributed by atoms with Crippen LogP contribution < -0.4 is 0 Å². The Kier molecular flexibility index (Phi) is 4.42. The van der Waals surface area contributed by atoms with E-state index in [2.05, 4.69) is 10.3 Å². The van der Waals surface area contributed by atoms with Crippen LogP contribution in [0.5, 0.6) is 0 Å². The zero-order valence-corrected chi connectivity index (χ0v) is 13.7. The van der Waals surface area contributed by atoms with E-state index < -0.39 is 5.97 Å². The first kappa shape index (κ1) is 15.9. The molecule has 2 aromatic carbocycles. The van der Waals surface area contributed by atoms with Crippen molar-refractivity contribution < 1.29 is 9.90 Å². The smallest absolute Gasteiger partial charge is 0.335 e. The normalized spacial score (nSPS) is 10.8. The third-order valence-corrected chi connectivity index (χ3v) is 4.15. The Morgan fingerprint density at radius 1 is 1.04 bits per heavy atom. The third kappa shape index (κ3) is 2.80. The highest BCUT2D eigenvalue weighted by Gasteiger charge is 2.17. The number of hydrogen-bond acceptors (Lipinski definition) is 3. The van der Waals surface area contributed by atoms with Crippen molar-refractivity contribution in [2.45, 2.75) is 26.7 Å². The Bertz CT molecular complexity index is 870. The van der Waals surface area contributed by atoms with Crippen molar-refractivity contribution >= 4 is 5.97 Å². The van der Waals surface area contributed by atoms with Crippen LogP contribution in [0.2, 0.25) is 0 Å². The summed E-state index contributed by atoms with van der Waals surface area (Å²) in [5.41, 5.74) is 4.90. The molecule has 0 fully saturated rings. The van der Waals surface area contributed by atoms with E-state index >= 15 is 0 Å². The van der Waals surface area contributed by atoms with Gasteiger partial charge >= 0.3 is 5.97 Å². The number of carbonyl (C=O) groups is 1. The lowest BCUT2D eigenvalue weighted by atomic mass is 9.95. The monoisotopic (exact) mass is 321 g/mol. The van der Waals surface area contributed by atoms with E-state index in [1.807, 2.05) is 56.4 Å². The van der Waals surface area contributed by atoms with Crippen molar-refractivity contribution in [2.24, 2.45) is 0 Å². The van der Waals surface area contributed by atoms with Crippen LogP contribution in [-0.4, -0.2) is 26.1 Å². The summed E-state index contributed by atoms with van der Waals surface area (Å²) in [5.74, 6) is -0.892. The second kappa shape index (κ2) is 6.66. The molecule has 0 saturated carbocycles. The first-order valence-electron chi connectivity index (χ1n) is 8.01. The van der Waals surface area contributed by atoms with Gasteiger partial charge in [0, 0.05) is 5.56 Å². The molecule has 0 atom stereocenters. The van der Waals surface area contributed by atoms with Crippen LogP contribution in [0.25, 0.3) is 16.9 Å². The Morgan fingerprint density at radius 2 is 1.75 bits per heavy atom. The largest absolute Gasteiger partial charge is 0.478 e. The first-order valence-corrected chi connectivity index (χ1v) is 8.01. The fraction of sp³-hybridized carbons (Fsp3) is 0.211. The van der Waals surface area contributed by atoms with E-state index in [-0.39, 0.29) is 0 Å². The van der Waals surface area contributed by atoms with E-state index in [0.29, 0.717) is 12.0 Å². The molecule has 0 spiro atoms. The molecule has 0 saturated heterocycles. The topological polar surface area (TPSA) is 68.0 Å². The minimum absolute atomic E-state index is 0.362. The molecule has 5 nitrogen and oxygen atoms in total. The summed E-state index contributed by atoms with van der Waals surface area (Å²) in [6.45, 7) is 4.00. The molecule has 1 heterocycles. The van der Waals surface area contributed by atoms with Crippen LogP contribution in [0.4, 0.5) is 0 Å². The zero-order valence-electron chi connectivity index (χ0n) is 13.7. The van der Waals surface area contributed by atoms with Gasteiger partial charge in [-0.3, -0.25) is 0 Å². The zero-order chi connectivity index (χ0) is 17.1. The summed E-state index contributed by atoms with van der Waals surface area (Å²) in [6.07, 6.45) is 3.28. The van der Waals surface area contributed by atoms with Crippen molar-refractivity contribution in [2.75, 3.05) is 0 Å². The second-order valence-electron chi connectivity index (χ2n) is 5.52. The Labute approximate surface area is 140 Å². The molecule has 0 unspecified atom stereocenters. The molecule has 3 rings (SSSR count). The molecule has 0 aliphatic heterocycles. The Hall–Kier alpha value is -2.95. The fourth-order valence-electron chi connectivity index (χ4n) is 3.02. The number of carboxylic acids is 1. The molecule has 5 heteroatoms. The average Bonchev–Trinajstić information content (AvgIpc) is 3.10. The van der Waals surface area contributed by atoms with Gasteiger partial charge in [-0.2, -0.15) is 0 Å². The lowest BCUT2D eigenvalue weighted by Crippen LogP contribution is -2.09. The molecule has 3 aromatic rings. The average molecular weight is 321 g/mol. The van der Waals surface area contributed by atoms with E-state index in [9.17, 15) is 9.90 Å². The molecule has 0 aliphatic carbocycles. The van der Waals surface area contributed by atoms with Gasteiger partial charge in [-0.15, -0.1) is 5.10 Å². The molecular formula is C19H19N3O2. The lowest BCUT2D eigenvalue weighted by Gasteiger charge is -2.14. The molecule has 0 aliphatic rings. The summed E-state index contributed by atoms with van der Waals surface area (Å²) in [6, 6.07) is 13.3. The van der Waals surface area contributed by atoms with Crippen molar-refractivity contribution in [1.29, 1.82) is 0 Å². The summed E-state index contributed by atoms with van der Waals surface area (Å²) in [7, 11) is 0. The highest BCUT2D eigenvalue weighted by Crippen LogP contribution is 2.25. The maximum absolute atomic E-state index is 11.5. The first-order chi connectivity index (χ1) is 11.7. The SMILES string of the molecule is CCc1c(C(=O)O)ccc(-n2cc(-c3ccccc3)nn2)c1CC. The summed E-state index contributed by atoms with van der Waals surface area (Å²) in [4.78, 5) is 11.5. The maximum Gasteiger partial charge on any atom is 0.335 e. The lowest BCUT2D eigenvalue weighted by molar-refractivity contribution is 0.0695. The minimum atomic E-state index is -0.892. The highest BCUT2D eigenvalue weighted by molar-refractivity contribution is 5.90. The molecule has 0 amide bonds. The molecule has 122 valence electrons. The Morgan fingerprint density at radius 3 is 2.38 bits per heavy atom. The standard InChI is InChI=1S/C19H19N3O2/c1-3-14-15(4-2)18(11-10-16(14)19(23)24)22-12-17(20-21-22)13-8-6-5-7-9-13/h5-12H,3-4H2,1-2H3,(H,23,24). The molecule has 0 radical (unpaired) electrons. The number of hydrogen-bond donors (Lipinski definition) is 1.